The minimum absolute atomic E-state index is 0.180. The molecule has 1 amide bonds. The molecule has 1 N–H and O–H groups in total. The van der Waals surface area contributed by atoms with Gasteiger partial charge in [-0.3, -0.25) is 14.6 Å². The summed E-state index contributed by atoms with van der Waals surface area (Å²) in [5.74, 6) is 0.786. The number of piperazine rings is 1. The number of para-hydroxylation sites is 1. The first-order chi connectivity index (χ1) is 12.7. The van der Waals surface area contributed by atoms with E-state index < -0.39 is 6.10 Å². The highest BCUT2D eigenvalue weighted by atomic mass is 16.4. The van der Waals surface area contributed by atoms with Crippen LogP contribution < -0.4 is 4.90 Å². The summed E-state index contributed by atoms with van der Waals surface area (Å²) < 4.78 is 5.26. The third kappa shape index (κ3) is 3.67. The quantitative estimate of drug-likeness (QED) is 0.881. The van der Waals surface area contributed by atoms with E-state index in [0.29, 0.717) is 18.8 Å². The van der Waals surface area contributed by atoms with Crippen LogP contribution in [0.2, 0.25) is 0 Å². The lowest BCUT2D eigenvalue weighted by atomic mass is 10.2. The Labute approximate surface area is 153 Å². The predicted octanol–water partition coefficient (Wildman–Crippen LogP) is 1.52. The minimum Gasteiger partial charge on any atom is -0.467 e. The highest BCUT2D eigenvalue weighted by Gasteiger charge is 2.27. The summed E-state index contributed by atoms with van der Waals surface area (Å²) in [6.07, 6.45) is 1.93. The second-order valence-corrected chi connectivity index (χ2v) is 7.03. The zero-order valence-electron chi connectivity index (χ0n) is 14.9. The van der Waals surface area contributed by atoms with Gasteiger partial charge in [0.05, 0.1) is 12.8 Å². The summed E-state index contributed by atoms with van der Waals surface area (Å²) in [6.45, 7) is 5.19. The van der Waals surface area contributed by atoms with Crippen molar-refractivity contribution in [2.45, 2.75) is 12.5 Å². The van der Waals surface area contributed by atoms with Crippen LogP contribution in [0.5, 0.6) is 0 Å². The highest BCUT2D eigenvalue weighted by molar-refractivity contribution is 5.96. The molecule has 0 saturated carbocycles. The van der Waals surface area contributed by atoms with Crippen LogP contribution >= 0.6 is 0 Å². The maximum Gasteiger partial charge on any atom is 0.241 e. The SMILES string of the molecule is O=C(CN1CCN(C[C@H](O)c2ccco2)CC1)N1CCc2ccccc21. The molecule has 138 valence electrons. The number of amides is 1. The van der Waals surface area contributed by atoms with E-state index in [1.165, 1.54) is 5.56 Å². The lowest BCUT2D eigenvalue weighted by Gasteiger charge is -2.35. The van der Waals surface area contributed by atoms with Crippen LogP contribution in [0.25, 0.3) is 0 Å². The first-order valence-electron chi connectivity index (χ1n) is 9.25. The minimum atomic E-state index is -0.598. The molecule has 6 heteroatoms. The van der Waals surface area contributed by atoms with Gasteiger partial charge in [0.15, 0.2) is 0 Å². The lowest BCUT2D eigenvalue weighted by molar-refractivity contribution is -0.120. The van der Waals surface area contributed by atoms with Crippen LogP contribution in [-0.4, -0.2) is 66.6 Å². The van der Waals surface area contributed by atoms with E-state index in [-0.39, 0.29) is 5.91 Å². The smallest absolute Gasteiger partial charge is 0.241 e. The molecule has 0 spiro atoms. The monoisotopic (exact) mass is 355 g/mol. The second kappa shape index (κ2) is 7.61. The molecule has 0 radical (unpaired) electrons. The molecule has 1 aromatic heterocycles. The highest BCUT2D eigenvalue weighted by Crippen LogP contribution is 2.27. The summed E-state index contributed by atoms with van der Waals surface area (Å²) in [7, 11) is 0. The largest absolute Gasteiger partial charge is 0.467 e. The van der Waals surface area contributed by atoms with Crippen molar-refractivity contribution in [3.63, 3.8) is 0 Å². The molecule has 3 heterocycles. The molecule has 26 heavy (non-hydrogen) atoms. The van der Waals surface area contributed by atoms with Gasteiger partial charge in [-0.25, -0.2) is 0 Å². The van der Waals surface area contributed by atoms with Gasteiger partial charge in [0.1, 0.15) is 11.9 Å². The summed E-state index contributed by atoms with van der Waals surface area (Å²) in [5.41, 5.74) is 2.33. The van der Waals surface area contributed by atoms with E-state index in [0.717, 1.165) is 44.8 Å². The van der Waals surface area contributed by atoms with Gasteiger partial charge in [-0.05, 0) is 30.2 Å². The fourth-order valence-electron chi connectivity index (χ4n) is 3.82. The molecule has 2 aromatic rings. The Balaban J connectivity index is 1.26. The maximum atomic E-state index is 12.7. The second-order valence-electron chi connectivity index (χ2n) is 7.03. The number of fused-ring (bicyclic) bond motifs is 1. The van der Waals surface area contributed by atoms with Crippen LogP contribution in [0, 0.1) is 0 Å². The van der Waals surface area contributed by atoms with E-state index in [9.17, 15) is 9.90 Å². The molecule has 2 aliphatic heterocycles. The molecule has 0 aliphatic carbocycles. The number of furan rings is 1. The van der Waals surface area contributed by atoms with Gasteiger partial charge in [-0.2, -0.15) is 0 Å². The van der Waals surface area contributed by atoms with Crippen molar-refractivity contribution in [1.29, 1.82) is 0 Å². The third-order valence-electron chi connectivity index (χ3n) is 5.31. The number of nitrogens with zero attached hydrogens (tertiary/aromatic N) is 3. The Bertz CT molecular complexity index is 739. The number of hydrogen-bond donors (Lipinski definition) is 1. The molecule has 1 aromatic carbocycles. The molecule has 6 nitrogen and oxygen atoms in total. The van der Waals surface area contributed by atoms with Gasteiger partial charge in [-0.15, -0.1) is 0 Å². The summed E-state index contributed by atoms with van der Waals surface area (Å²) >= 11 is 0. The van der Waals surface area contributed by atoms with Crippen LogP contribution in [0.4, 0.5) is 5.69 Å². The van der Waals surface area contributed by atoms with Crippen molar-refractivity contribution in [1.82, 2.24) is 9.80 Å². The van der Waals surface area contributed by atoms with Gasteiger partial charge in [-0.1, -0.05) is 18.2 Å². The Kier molecular flexibility index (Phi) is 5.06. The fraction of sp³-hybridized carbons (Fsp3) is 0.450. The zero-order valence-corrected chi connectivity index (χ0v) is 14.9. The van der Waals surface area contributed by atoms with Crippen LogP contribution in [0.15, 0.2) is 47.1 Å². The van der Waals surface area contributed by atoms with E-state index in [1.54, 1.807) is 18.4 Å². The van der Waals surface area contributed by atoms with Crippen molar-refractivity contribution in [2.24, 2.45) is 0 Å². The Morgan fingerprint density at radius 2 is 1.81 bits per heavy atom. The average Bonchev–Trinajstić information content (AvgIpc) is 3.33. The number of rotatable bonds is 5. The van der Waals surface area contributed by atoms with Gasteiger partial charge < -0.3 is 14.4 Å². The topological polar surface area (TPSA) is 60.2 Å². The number of carbonyl (C=O) groups excluding carboxylic acids is 1. The number of anilines is 1. The molecule has 1 saturated heterocycles. The van der Waals surface area contributed by atoms with Crippen molar-refractivity contribution in [3.8, 4) is 0 Å². The Morgan fingerprint density at radius 1 is 1.04 bits per heavy atom. The maximum absolute atomic E-state index is 12.7. The van der Waals surface area contributed by atoms with E-state index in [4.69, 9.17) is 4.42 Å². The number of aliphatic hydroxyl groups is 1. The summed E-state index contributed by atoms with van der Waals surface area (Å²) in [6, 6.07) is 11.8. The molecule has 2 aliphatic rings. The molecule has 0 bridgehead atoms. The Morgan fingerprint density at radius 3 is 2.58 bits per heavy atom. The third-order valence-corrected chi connectivity index (χ3v) is 5.31. The van der Waals surface area contributed by atoms with Crippen LogP contribution in [-0.2, 0) is 11.2 Å². The number of β-amino-alcohol motifs (C(OH)–C–C–N with tert-alkyl or cyclic N) is 1. The normalized spacial score (nSPS) is 19.5. The van der Waals surface area contributed by atoms with E-state index in [2.05, 4.69) is 15.9 Å². The Hall–Kier alpha value is -2.15. The van der Waals surface area contributed by atoms with E-state index in [1.807, 2.05) is 23.1 Å². The molecular formula is C20H25N3O3. The molecule has 0 unspecified atom stereocenters. The first-order valence-corrected chi connectivity index (χ1v) is 9.25. The summed E-state index contributed by atoms with van der Waals surface area (Å²) in [4.78, 5) is 19.1. The average molecular weight is 355 g/mol. The van der Waals surface area contributed by atoms with E-state index >= 15 is 0 Å². The van der Waals surface area contributed by atoms with Crippen LogP contribution in [0.3, 0.4) is 0 Å². The van der Waals surface area contributed by atoms with Gasteiger partial charge in [0.25, 0.3) is 0 Å². The molecule has 1 fully saturated rings. The number of hydrogen-bond acceptors (Lipinski definition) is 5. The van der Waals surface area contributed by atoms with Gasteiger partial charge >= 0.3 is 0 Å². The van der Waals surface area contributed by atoms with Crippen LogP contribution in [0.1, 0.15) is 17.4 Å². The van der Waals surface area contributed by atoms with Gasteiger partial charge in [0.2, 0.25) is 5.91 Å². The van der Waals surface area contributed by atoms with Crippen molar-refractivity contribution in [2.75, 3.05) is 50.7 Å². The fourth-order valence-corrected chi connectivity index (χ4v) is 3.82. The van der Waals surface area contributed by atoms with Gasteiger partial charge in [0, 0.05) is 45.0 Å². The van der Waals surface area contributed by atoms with Crippen molar-refractivity contribution in [3.05, 3.63) is 54.0 Å². The number of carbonyl (C=O) groups is 1. The summed E-state index contributed by atoms with van der Waals surface area (Å²) in [5, 5.41) is 10.2. The molecule has 4 rings (SSSR count). The van der Waals surface area contributed by atoms with Crippen molar-refractivity contribution < 1.29 is 14.3 Å². The first kappa shape index (κ1) is 17.3. The lowest BCUT2D eigenvalue weighted by Crippen LogP contribution is -2.50. The standard InChI is InChI=1S/C20H25N3O3/c24-18(19-6-3-13-26-19)14-21-9-11-22(12-10-21)15-20(25)23-8-7-16-4-1-2-5-17(16)23/h1-6,13,18,24H,7-12,14-15H2/t18-/m0/s1. The zero-order chi connectivity index (χ0) is 17.9. The molecular weight excluding hydrogens is 330 g/mol. The molecule has 1 atom stereocenters. The van der Waals surface area contributed by atoms with Crippen molar-refractivity contribution >= 4 is 11.6 Å². The number of benzene rings is 1. The predicted molar refractivity (Wildman–Crippen MR) is 99.0 cm³/mol. The number of aliphatic hydroxyl groups excluding tert-OH is 1.